The highest BCUT2D eigenvalue weighted by Crippen LogP contribution is 2.53. The number of benzene rings is 2. The van der Waals surface area contributed by atoms with Crippen LogP contribution in [-0.4, -0.2) is 35.2 Å². The van der Waals surface area contributed by atoms with E-state index in [9.17, 15) is 14.4 Å². The van der Waals surface area contributed by atoms with Crippen molar-refractivity contribution in [2.75, 3.05) is 11.9 Å². The van der Waals surface area contributed by atoms with Crippen molar-refractivity contribution in [2.45, 2.75) is 30.8 Å². The van der Waals surface area contributed by atoms with E-state index in [2.05, 4.69) is 10.2 Å². The first-order chi connectivity index (χ1) is 14.0. The predicted molar refractivity (Wildman–Crippen MR) is 106 cm³/mol. The van der Waals surface area contributed by atoms with Gasteiger partial charge >= 0.3 is 6.17 Å². The van der Waals surface area contributed by atoms with Crippen LogP contribution in [-0.2, 0) is 15.0 Å². The first-order valence-corrected chi connectivity index (χ1v) is 9.70. The second kappa shape index (κ2) is 6.02. The molecule has 29 heavy (non-hydrogen) atoms. The van der Waals surface area contributed by atoms with Gasteiger partial charge in [0.05, 0.1) is 6.42 Å². The minimum absolute atomic E-state index is 0.131. The smallest absolute Gasteiger partial charge is 0.302 e. The van der Waals surface area contributed by atoms with E-state index < -0.39 is 17.0 Å². The van der Waals surface area contributed by atoms with Crippen molar-refractivity contribution >= 4 is 23.3 Å². The Balaban J connectivity index is 1.49. The number of hydrogen-bond donors (Lipinski definition) is 1. The number of para-hydroxylation sites is 1. The number of amides is 2. The van der Waals surface area contributed by atoms with Gasteiger partial charge in [0.15, 0.2) is 5.78 Å². The molecule has 1 N–H and O–H groups in total. The summed E-state index contributed by atoms with van der Waals surface area (Å²) >= 11 is 0. The summed E-state index contributed by atoms with van der Waals surface area (Å²) in [6.07, 6.45) is 0.467. The number of likely N-dealkylation sites (tertiary alicyclic amines) is 1. The zero-order chi connectivity index (χ0) is 20.2. The lowest BCUT2D eigenvalue weighted by molar-refractivity contribution is -0.135. The summed E-state index contributed by atoms with van der Waals surface area (Å²) in [5.41, 5.74) is 0.0541. The van der Waals surface area contributed by atoms with Crippen LogP contribution < -0.4 is 5.32 Å². The molecule has 2 aliphatic heterocycles. The monoisotopic (exact) mass is 385 g/mol. The molecule has 2 atom stereocenters. The topological polar surface area (TPSA) is 70.8 Å². The second-order valence-electron chi connectivity index (χ2n) is 8.11. The van der Waals surface area contributed by atoms with Crippen molar-refractivity contribution in [2.24, 2.45) is 5.41 Å². The Kier molecular flexibility index (Phi) is 3.66. The van der Waals surface area contributed by atoms with Crippen LogP contribution in [0.5, 0.6) is 0 Å². The highest BCUT2D eigenvalue weighted by Gasteiger charge is 2.64. The minimum Gasteiger partial charge on any atom is -0.325 e. The maximum atomic E-state index is 13.5. The molecule has 2 aromatic rings. The van der Waals surface area contributed by atoms with E-state index in [1.165, 1.54) is 4.90 Å². The molecular weight excluding hydrogens is 366 g/mol. The Hall–Kier alpha value is -3.46. The molecule has 1 aliphatic carbocycles. The van der Waals surface area contributed by atoms with E-state index in [1.54, 1.807) is 24.3 Å². The van der Waals surface area contributed by atoms with Gasteiger partial charge in [-0.3, -0.25) is 24.1 Å². The summed E-state index contributed by atoms with van der Waals surface area (Å²) in [6.45, 7) is 7.76. The summed E-state index contributed by atoms with van der Waals surface area (Å²) in [5.74, 6) is -0.688. The van der Waals surface area contributed by atoms with Crippen molar-refractivity contribution < 1.29 is 14.4 Å². The summed E-state index contributed by atoms with van der Waals surface area (Å²) < 4.78 is 0. The molecule has 0 radical (unpaired) electrons. The number of nitrogens with zero attached hydrogens (tertiary/aromatic N) is 2. The largest absolute Gasteiger partial charge is 0.325 e. The number of fused-ring (bicyclic) bond motifs is 2. The number of rotatable bonds is 3. The second-order valence-corrected chi connectivity index (χ2v) is 8.11. The highest BCUT2D eigenvalue weighted by atomic mass is 16.2. The molecule has 1 saturated heterocycles. The predicted octanol–water partition coefficient (Wildman–Crippen LogP) is 3.02. The number of anilines is 1. The number of nitrogens with one attached hydrogen (secondary N) is 1. The van der Waals surface area contributed by atoms with Gasteiger partial charge < -0.3 is 5.32 Å². The average Bonchev–Trinajstić information content (AvgIpc) is 3.40. The van der Waals surface area contributed by atoms with E-state index in [-0.39, 0.29) is 30.6 Å². The van der Waals surface area contributed by atoms with Gasteiger partial charge in [-0.1, -0.05) is 48.5 Å². The van der Waals surface area contributed by atoms with Gasteiger partial charge in [-0.05, 0) is 24.5 Å². The van der Waals surface area contributed by atoms with Gasteiger partial charge in [-0.25, -0.2) is 6.57 Å². The van der Waals surface area contributed by atoms with Gasteiger partial charge in [0.2, 0.25) is 11.8 Å². The fraction of sp³-hybridized carbons (Fsp3) is 0.304. The van der Waals surface area contributed by atoms with Gasteiger partial charge in [-0.15, -0.1) is 0 Å². The molecule has 2 amide bonds. The maximum absolute atomic E-state index is 13.5. The lowest BCUT2D eigenvalue weighted by Crippen LogP contribution is -2.45. The van der Waals surface area contributed by atoms with Gasteiger partial charge in [0.25, 0.3) is 0 Å². The van der Waals surface area contributed by atoms with Crippen molar-refractivity contribution in [3.63, 3.8) is 0 Å². The number of Topliss-reactive ketones (excluding diaryl/α,β-unsaturated/α-hetero) is 1. The standard InChI is InChI=1S/C23H19N3O3/c1-24-18-13-23(16-9-5-6-10-17(16)25-20(23)28)14-26(18)21(29)22(11-12-22)19(27)15-7-3-2-4-8-15/h2-10,18H,11-14H2,(H,25,28)/t18-,23-/m0/s1. The fourth-order valence-corrected chi connectivity index (χ4v) is 4.74. The third-order valence-corrected chi connectivity index (χ3v) is 6.50. The van der Waals surface area contributed by atoms with Crippen LogP contribution in [0.1, 0.15) is 35.2 Å². The molecule has 0 bridgehead atoms. The van der Waals surface area contributed by atoms with Crippen LogP contribution in [0.25, 0.3) is 4.85 Å². The van der Waals surface area contributed by atoms with Gasteiger partial charge in [0.1, 0.15) is 10.8 Å². The molecular formula is C23H19N3O3. The van der Waals surface area contributed by atoms with Gasteiger partial charge in [0, 0.05) is 17.8 Å². The third kappa shape index (κ3) is 2.37. The van der Waals surface area contributed by atoms with Crippen LogP contribution >= 0.6 is 0 Å². The van der Waals surface area contributed by atoms with Crippen molar-refractivity contribution in [3.05, 3.63) is 77.1 Å². The Morgan fingerprint density at radius 1 is 1.07 bits per heavy atom. The van der Waals surface area contributed by atoms with Crippen molar-refractivity contribution in [1.29, 1.82) is 0 Å². The molecule has 144 valence electrons. The van der Waals surface area contributed by atoms with E-state index in [1.807, 2.05) is 30.3 Å². The van der Waals surface area contributed by atoms with Crippen LogP contribution in [0.15, 0.2) is 54.6 Å². The molecule has 5 rings (SSSR count). The first kappa shape index (κ1) is 17.6. The van der Waals surface area contributed by atoms with Crippen LogP contribution in [0.2, 0.25) is 0 Å². The number of hydrogen-bond acceptors (Lipinski definition) is 3. The maximum Gasteiger partial charge on any atom is 0.302 e. The normalized spacial score (nSPS) is 26.0. The number of ketones is 1. The highest BCUT2D eigenvalue weighted by molar-refractivity contribution is 6.16. The Morgan fingerprint density at radius 3 is 2.45 bits per heavy atom. The SMILES string of the molecule is [C-]#[N+][C@@H]1C[C@@]2(CN1C(=O)C1(C(=O)c3ccccc3)CC1)C(=O)Nc1ccccc12. The van der Waals surface area contributed by atoms with E-state index in [0.717, 1.165) is 11.3 Å². The van der Waals surface area contributed by atoms with Crippen molar-refractivity contribution in [1.82, 2.24) is 4.90 Å². The Bertz CT molecular complexity index is 1080. The summed E-state index contributed by atoms with van der Waals surface area (Å²) in [5, 5.41) is 2.89. The molecule has 2 aromatic carbocycles. The minimum atomic E-state index is -1.09. The Labute approximate surface area is 168 Å². The molecule has 2 heterocycles. The summed E-state index contributed by atoms with van der Waals surface area (Å²) in [7, 11) is 0. The molecule has 6 nitrogen and oxygen atoms in total. The van der Waals surface area contributed by atoms with Crippen molar-refractivity contribution in [3.8, 4) is 0 Å². The molecule has 6 heteroatoms. The third-order valence-electron chi connectivity index (χ3n) is 6.50. The quantitative estimate of drug-likeness (QED) is 0.502. The lowest BCUT2D eigenvalue weighted by Gasteiger charge is -2.24. The zero-order valence-electron chi connectivity index (χ0n) is 15.7. The van der Waals surface area contributed by atoms with Gasteiger partial charge in [-0.2, -0.15) is 0 Å². The molecule has 0 aromatic heterocycles. The number of carbonyl (C=O) groups excluding carboxylic acids is 3. The lowest BCUT2D eigenvalue weighted by atomic mass is 9.80. The van der Waals surface area contributed by atoms with Crippen LogP contribution in [0, 0.1) is 12.0 Å². The van der Waals surface area contributed by atoms with E-state index >= 15 is 0 Å². The van der Waals surface area contributed by atoms with Crippen LogP contribution in [0.3, 0.4) is 0 Å². The zero-order valence-corrected chi connectivity index (χ0v) is 15.7. The first-order valence-electron chi connectivity index (χ1n) is 9.70. The van der Waals surface area contributed by atoms with E-state index in [4.69, 9.17) is 6.57 Å². The Morgan fingerprint density at radius 2 is 1.76 bits per heavy atom. The van der Waals surface area contributed by atoms with E-state index in [0.29, 0.717) is 18.4 Å². The summed E-state index contributed by atoms with van der Waals surface area (Å²) in [6, 6.07) is 16.2. The average molecular weight is 385 g/mol. The summed E-state index contributed by atoms with van der Waals surface area (Å²) in [4.78, 5) is 44.6. The molecule has 0 unspecified atom stereocenters. The molecule has 2 fully saturated rings. The molecule has 3 aliphatic rings. The molecule has 1 saturated carbocycles. The fourth-order valence-electron chi connectivity index (χ4n) is 4.74. The van der Waals surface area contributed by atoms with Crippen LogP contribution in [0.4, 0.5) is 5.69 Å². The molecule has 1 spiro atoms. The number of carbonyl (C=O) groups is 3.